The number of aliphatic hydroxyl groups is 1. The smallest absolute Gasteiger partial charge is 0.137 e. The Morgan fingerprint density at radius 3 is 2.50 bits per heavy atom. The molecule has 0 amide bonds. The van der Waals surface area contributed by atoms with E-state index in [0.717, 1.165) is 55.4 Å². The standard InChI is InChI=1S/C24H28BrF2N5O2/c25-21-4-1-2-5-23(21)34-13-3-8-30-9-11-31(12-10-30)15-24(33,16-32-18-28-17-29-32)20-7-6-19(26)14-22(20)27/h1-2,4-7,14,17-18,33H,3,8-13,15-16H2. The first-order valence-corrected chi connectivity index (χ1v) is 12.0. The van der Waals surface area contributed by atoms with Crippen molar-refractivity contribution in [1.29, 1.82) is 0 Å². The van der Waals surface area contributed by atoms with Crippen LogP contribution in [0, 0.1) is 11.6 Å². The molecule has 10 heteroatoms. The molecular formula is C24H28BrF2N5O2. The van der Waals surface area contributed by atoms with E-state index in [1.165, 1.54) is 29.5 Å². The molecule has 182 valence electrons. The Morgan fingerprint density at radius 1 is 1.03 bits per heavy atom. The van der Waals surface area contributed by atoms with E-state index in [4.69, 9.17) is 4.74 Å². The molecule has 34 heavy (non-hydrogen) atoms. The molecule has 1 fully saturated rings. The highest BCUT2D eigenvalue weighted by Crippen LogP contribution is 2.28. The SMILES string of the molecule is OC(CN1CCN(CCCOc2ccccc2Br)CC1)(Cn1cncn1)c1ccc(F)cc1F. The van der Waals surface area contributed by atoms with Gasteiger partial charge in [0.25, 0.3) is 0 Å². The highest BCUT2D eigenvalue weighted by Gasteiger charge is 2.36. The van der Waals surface area contributed by atoms with Gasteiger partial charge in [0.2, 0.25) is 0 Å². The minimum Gasteiger partial charge on any atom is -0.492 e. The second-order valence-electron chi connectivity index (χ2n) is 8.50. The first-order chi connectivity index (χ1) is 16.4. The number of aromatic nitrogens is 3. The molecule has 0 radical (unpaired) electrons. The molecule has 0 spiro atoms. The third kappa shape index (κ3) is 6.38. The maximum atomic E-state index is 14.6. The zero-order valence-electron chi connectivity index (χ0n) is 18.8. The van der Waals surface area contributed by atoms with Crippen molar-refractivity contribution in [2.24, 2.45) is 0 Å². The number of piperazine rings is 1. The van der Waals surface area contributed by atoms with Gasteiger partial charge < -0.3 is 14.7 Å². The third-order valence-corrected chi connectivity index (χ3v) is 6.64. The van der Waals surface area contributed by atoms with E-state index in [-0.39, 0.29) is 18.7 Å². The van der Waals surface area contributed by atoms with E-state index in [9.17, 15) is 13.9 Å². The molecule has 4 rings (SSSR count). The molecule has 2 aromatic carbocycles. The summed E-state index contributed by atoms with van der Waals surface area (Å²) >= 11 is 3.49. The van der Waals surface area contributed by atoms with Gasteiger partial charge in [0, 0.05) is 50.9 Å². The molecule has 1 N–H and O–H groups in total. The molecule has 1 aliphatic rings. The first kappa shape index (κ1) is 24.7. The molecular weight excluding hydrogens is 508 g/mol. The van der Waals surface area contributed by atoms with Crippen molar-refractivity contribution in [2.45, 2.75) is 18.6 Å². The number of rotatable bonds is 10. The van der Waals surface area contributed by atoms with Crippen molar-refractivity contribution in [3.63, 3.8) is 0 Å². The normalized spacial score (nSPS) is 16.9. The Kier molecular flexibility index (Phi) is 8.25. The highest BCUT2D eigenvalue weighted by atomic mass is 79.9. The van der Waals surface area contributed by atoms with E-state index >= 15 is 0 Å². The van der Waals surface area contributed by atoms with Crippen LogP contribution in [0.4, 0.5) is 8.78 Å². The quantitative estimate of drug-likeness (QED) is 0.402. The fourth-order valence-electron chi connectivity index (χ4n) is 4.24. The van der Waals surface area contributed by atoms with Crippen LogP contribution in [0.5, 0.6) is 5.75 Å². The van der Waals surface area contributed by atoms with Crippen molar-refractivity contribution in [1.82, 2.24) is 24.6 Å². The molecule has 1 atom stereocenters. The zero-order valence-corrected chi connectivity index (χ0v) is 20.4. The second-order valence-corrected chi connectivity index (χ2v) is 9.35. The van der Waals surface area contributed by atoms with Crippen LogP contribution in [0.2, 0.25) is 0 Å². The monoisotopic (exact) mass is 535 g/mol. The predicted octanol–water partition coefficient (Wildman–Crippen LogP) is 3.29. The number of benzene rings is 2. The Hall–Kier alpha value is -2.40. The van der Waals surface area contributed by atoms with Crippen LogP contribution < -0.4 is 4.74 Å². The van der Waals surface area contributed by atoms with Crippen molar-refractivity contribution in [3.8, 4) is 5.75 Å². The molecule has 7 nitrogen and oxygen atoms in total. The van der Waals surface area contributed by atoms with Gasteiger partial charge >= 0.3 is 0 Å². The van der Waals surface area contributed by atoms with E-state index in [1.54, 1.807) is 0 Å². The predicted molar refractivity (Wildman–Crippen MR) is 127 cm³/mol. The van der Waals surface area contributed by atoms with Crippen molar-refractivity contribution in [3.05, 3.63) is 76.8 Å². The zero-order chi connectivity index (χ0) is 24.0. The molecule has 0 aliphatic carbocycles. The average molecular weight is 536 g/mol. The Labute approximate surface area is 206 Å². The Balaban J connectivity index is 1.31. The molecule has 0 saturated carbocycles. The van der Waals surface area contributed by atoms with Crippen molar-refractivity contribution in [2.75, 3.05) is 45.9 Å². The van der Waals surface area contributed by atoms with Crippen molar-refractivity contribution < 1.29 is 18.6 Å². The lowest BCUT2D eigenvalue weighted by Crippen LogP contribution is -2.52. The molecule has 1 saturated heterocycles. The number of ether oxygens (including phenoxy) is 1. The van der Waals surface area contributed by atoms with Crippen molar-refractivity contribution >= 4 is 15.9 Å². The van der Waals surface area contributed by atoms with E-state index < -0.39 is 17.2 Å². The van der Waals surface area contributed by atoms with E-state index in [0.29, 0.717) is 6.61 Å². The number of β-amino-alcohol motifs (C(OH)–C–C–N with tert-alkyl or cyclic N) is 1. The van der Waals surface area contributed by atoms with Crippen LogP contribution >= 0.6 is 15.9 Å². The lowest BCUT2D eigenvalue weighted by atomic mass is 9.92. The van der Waals surface area contributed by atoms with Gasteiger partial charge in [-0.15, -0.1) is 0 Å². The van der Waals surface area contributed by atoms with Gasteiger partial charge in [0.05, 0.1) is 17.6 Å². The third-order valence-electron chi connectivity index (χ3n) is 5.99. The van der Waals surface area contributed by atoms with Gasteiger partial charge in [-0.05, 0) is 40.5 Å². The van der Waals surface area contributed by atoms with E-state index in [1.807, 2.05) is 24.3 Å². The maximum Gasteiger partial charge on any atom is 0.137 e. The van der Waals surface area contributed by atoms with Crippen LogP contribution in [0.3, 0.4) is 0 Å². The fraction of sp³-hybridized carbons (Fsp3) is 0.417. The van der Waals surface area contributed by atoms with Gasteiger partial charge in [-0.25, -0.2) is 18.4 Å². The van der Waals surface area contributed by atoms with E-state index in [2.05, 4.69) is 35.8 Å². The number of halogens is 3. The topological polar surface area (TPSA) is 66.7 Å². The summed E-state index contributed by atoms with van der Waals surface area (Å²) in [4.78, 5) is 8.37. The summed E-state index contributed by atoms with van der Waals surface area (Å²) in [7, 11) is 0. The minimum absolute atomic E-state index is 0.0160. The second kappa shape index (κ2) is 11.4. The number of hydrogen-bond donors (Lipinski definition) is 1. The molecule has 2 heterocycles. The van der Waals surface area contributed by atoms with Gasteiger partial charge in [0.1, 0.15) is 35.6 Å². The highest BCUT2D eigenvalue weighted by molar-refractivity contribution is 9.10. The van der Waals surface area contributed by atoms with Crippen LogP contribution in [0.1, 0.15) is 12.0 Å². The molecule has 0 bridgehead atoms. The summed E-state index contributed by atoms with van der Waals surface area (Å²) in [5, 5.41) is 15.6. The molecule has 1 unspecified atom stereocenters. The van der Waals surface area contributed by atoms with Gasteiger partial charge in [-0.1, -0.05) is 18.2 Å². The molecule has 1 aliphatic heterocycles. The number of hydrogen-bond acceptors (Lipinski definition) is 6. The van der Waals surface area contributed by atoms with Gasteiger partial charge in [-0.3, -0.25) is 4.90 Å². The average Bonchev–Trinajstić information content (AvgIpc) is 3.31. The van der Waals surface area contributed by atoms with Gasteiger partial charge in [0.15, 0.2) is 0 Å². The first-order valence-electron chi connectivity index (χ1n) is 11.3. The summed E-state index contributed by atoms with van der Waals surface area (Å²) in [5.74, 6) is -0.611. The lowest BCUT2D eigenvalue weighted by molar-refractivity contribution is -0.0320. The van der Waals surface area contributed by atoms with Crippen LogP contribution in [-0.2, 0) is 12.1 Å². The molecule has 3 aromatic rings. The summed E-state index contributed by atoms with van der Waals surface area (Å²) in [5.41, 5.74) is -1.53. The van der Waals surface area contributed by atoms with Gasteiger partial charge in [-0.2, -0.15) is 5.10 Å². The summed E-state index contributed by atoms with van der Waals surface area (Å²) in [6.07, 6.45) is 3.74. The molecule has 1 aromatic heterocycles. The summed E-state index contributed by atoms with van der Waals surface area (Å²) in [6.45, 7) is 4.89. The van der Waals surface area contributed by atoms with Crippen LogP contribution in [-0.4, -0.2) is 75.5 Å². The Morgan fingerprint density at radius 2 is 1.79 bits per heavy atom. The maximum absolute atomic E-state index is 14.6. The lowest BCUT2D eigenvalue weighted by Gasteiger charge is -2.39. The number of nitrogens with zero attached hydrogens (tertiary/aromatic N) is 5. The van der Waals surface area contributed by atoms with Crippen LogP contribution in [0.15, 0.2) is 59.6 Å². The van der Waals surface area contributed by atoms with Crippen LogP contribution in [0.25, 0.3) is 0 Å². The minimum atomic E-state index is -1.58. The summed E-state index contributed by atoms with van der Waals surface area (Å²) < 4.78 is 36.4. The largest absolute Gasteiger partial charge is 0.492 e. The fourth-order valence-corrected chi connectivity index (χ4v) is 4.64. The Bertz CT molecular complexity index is 1060. The number of para-hydroxylation sites is 1. The summed E-state index contributed by atoms with van der Waals surface area (Å²) in [6, 6.07) is 11.1.